The molecule has 1 aliphatic carbocycles. The van der Waals surface area contributed by atoms with Crippen molar-refractivity contribution in [3.05, 3.63) is 16.3 Å². The summed E-state index contributed by atoms with van der Waals surface area (Å²) in [4.78, 5) is 25.9. The lowest BCUT2D eigenvalue weighted by molar-refractivity contribution is -0.139. The molecular formula is C14H17NO4S. The molecule has 0 bridgehead atoms. The van der Waals surface area contributed by atoms with Crippen molar-refractivity contribution < 1.29 is 19.4 Å². The second-order valence-electron chi connectivity index (χ2n) is 5.60. The molecule has 1 aliphatic heterocycles. The minimum atomic E-state index is -0.687. The van der Waals surface area contributed by atoms with Gasteiger partial charge in [-0.05, 0) is 24.7 Å². The number of carbonyl (C=O) groups excluding carboxylic acids is 1. The SMILES string of the molecule is COc1csc(C(=O)N2CCC3(CC2)CC3C(=O)O)c1. The fourth-order valence-electron chi connectivity index (χ4n) is 3.10. The van der Waals surface area contributed by atoms with E-state index < -0.39 is 5.97 Å². The topological polar surface area (TPSA) is 66.8 Å². The highest BCUT2D eigenvalue weighted by Crippen LogP contribution is 2.59. The highest BCUT2D eigenvalue weighted by atomic mass is 32.1. The number of carboxylic acids is 1. The molecule has 20 heavy (non-hydrogen) atoms. The second-order valence-corrected chi connectivity index (χ2v) is 6.51. The Morgan fingerprint density at radius 3 is 2.65 bits per heavy atom. The van der Waals surface area contributed by atoms with Crippen molar-refractivity contribution in [3.63, 3.8) is 0 Å². The number of methoxy groups -OCH3 is 1. The minimum Gasteiger partial charge on any atom is -0.496 e. The van der Waals surface area contributed by atoms with Crippen molar-refractivity contribution in [2.75, 3.05) is 20.2 Å². The van der Waals surface area contributed by atoms with Gasteiger partial charge in [-0.15, -0.1) is 11.3 Å². The Labute approximate surface area is 121 Å². The molecule has 1 aromatic heterocycles. The van der Waals surface area contributed by atoms with Gasteiger partial charge in [0, 0.05) is 24.5 Å². The number of carboxylic acid groups (broad SMARTS) is 1. The molecule has 1 aromatic rings. The quantitative estimate of drug-likeness (QED) is 0.927. The fraction of sp³-hybridized carbons (Fsp3) is 0.571. The van der Waals surface area contributed by atoms with Gasteiger partial charge < -0.3 is 14.7 Å². The van der Waals surface area contributed by atoms with Gasteiger partial charge in [0.25, 0.3) is 5.91 Å². The van der Waals surface area contributed by atoms with E-state index in [1.807, 2.05) is 10.3 Å². The molecule has 1 saturated carbocycles. The van der Waals surface area contributed by atoms with Gasteiger partial charge >= 0.3 is 5.97 Å². The molecule has 1 amide bonds. The highest BCUT2D eigenvalue weighted by Gasteiger charge is 2.59. The van der Waals surface area contributed by atoms with Crippen LogP contribution in [0.2, 0.25) is 0 Å². The Balaban J connectivity index is 1.61. The van der Waals surface area contributed by atoms with Gasteiger partial charge in [-0.3, -0.25) is 9.59 Å². The van der Waals surface area contributed by atoms with Crippen LogP contribution in [0.5, 0.6) is 5.75 Å². The molecule has 1 unspecified atom stereocenters. The third-order valence-electron chi connectivity index (χ3n) is 4.56. The first-order chi connectivity index (χ1) is 9.55. The van der Waals surface area contributed by atoms with Crippen LogP contribution in [0.4, 0.5) is 0 Å². The van der Waals surface area contributed by atoms with E-state index in [2.05, 4.69) is 0 Å². The number of ether oxygens (including phenoxy) is 1. The monoisotopic (exact) mass is 295 g/mol. The van der Waals surface area contributed by atoms with Gasteiger partial charge in [0.2, 0.25) is 0 Å². The summed E-state index contributed by atoms with van der Waals surface area (Å²) in [6, 6.07) is 1.76. The van der Waals surface area contributed by atoms with Crippen LogP contribution in [0.1, 0.15) is 28.9 Å². The largest absolute Gasteiger partial charge is 0.496 e. The summed E-state index contributed by atoms with van der Waals surface area (Å²) in [5, 5.41) is 10.9. The van der Waals surface area contributed by atoms with Crippen LogP contribution >= 0.6 is 11.3 Å². The van der Waals surface area contributed by atoms with E-state index in [0.717, 1.165) is 19.3 Å². The van der Waals surface area contributed by atoms with E-state index in [1.165, 1.54) is 11.3 Å². The number of piperidine rings is 1. The summed E-state index contributed by atoms with van der Waals surface area (Å²) in [6.07, 6.45) is 2.38. The van der Waals surface area contributed by atoms with Gasteiger partial charge in [0.05, 0.1) is 17.9 Å². The minimum absolute atomic E-state index is 0.0284. The second kappa shape index (κ2) is 4.77. The maximum atomic E-state index is 12.3. The predicted octanol–water partition coefficient (Wildman–Crippen LogP) is 2.08. The Hall–Kier alpha value is -1.56. The highest BCUT2D eigenvalue weighted by molar-refractivity contribution is 7.12. The van der Waals surface area contributed by atoms with Gasteiger partial charge in [-0.25, -0.2) is 0 Å². The summed E-state index contributed by atoms with van der Waals surface area (Å²) in [6.45, 7) is 1.31. The smallest absolute Gasteiger partial charge is 0.307 e. The number of carbonyl (C=O) groups is 2. The summed E-state index contributed by atoms with van der Waals surface area (Å²) in [7, 11) is 1.58. The maximum absolute atomic E-state index is 12.3. The average molecular weight is 295 g/mol. The number of aliphatic carboxylic acids is 1. The first-order valence-electron chi connectivity index (χ1n) is 6.70. The van der Waals surface area contributed by atoms with Crippen molar-refractivity contribution in [2.45, 2.75) is 19.3 Å². The van der Waals surface area contributed by atoms with Crippen LogP contribution in [0.25, 0.3) is 0 Å². The zero-order valence-corrected chi connectivity index (χ0v) is 12.1. The molecule has 108 valence electrons. The summed E-state index contributed by atoms with van der Waals surface area (Å²) < 4.78 is 5.09. The van der Waals surface area contributed by atoms with E-state index in [1.54, 1.807) is 13.2 Å². The zero-order valence-electron chi connectivity index (χ0n) is 11.3. The molecule has 1 saturated heterocycles. The molecule has 6 heteroatoms. The molecule has 2 fully saturated rings. The first kappa shape index (κ1) is 13.4. The third-order valence-corrected chi connectivity index (χ3v) is 5.45. The van der Waals surface area contributed by atoms with Crippen LogP contribution in [-0.4, -0.2) is 42.1 Å². The predicted molar refractivity (Wildman–Crippen MR) is 74.2 cm³/mol. The van der Waals surface area contributed by atoms with Crippen LogP contribution in [0, 0.1) is 11.3 Å². The van der Waals surface area contributed by atoms with Crippen LogP contribution < -0.4 is 4.74 Å². The van der Waals surface area contributed by atoms with Crippen LogP contribution in [0.3, 0.4) is 0 Å². The molecule has 2 heterocycles. The number of likely N-dealkylation sites (tertiary alicyclic amines) is 1. The molecule has 1 spiro atoms. The Morgan fingerprint density at radius 2 is 2.15 bits per heavy atom. The number of amides is 1. The number of thiophene rings is 1. The van der Waals surface area contributed by atoms with Crippen molar-refractivity contribution in [3.8, 4) is 5.75 Å². The van der Waals surface area contributed by atoms with Crippen molar-refractivity contribution in [1.82, 2.24) is 4.90 Å². The Bertz CT molecular complexity index is 545. The van der Waals surface area contributed by atoms with Crippen molar-refractivity contribution in [2.24, 2.45) is 11.3 Å². The number of nitrogens with zero attached hydrogens (tertiary/aromatic N) is 1. The zero-order chi connectivity index (χ0) is 14.3. The van der Waals surface area contributed by atoms with E-state index in [4.69, 9.17) is 9.84 Å². The average Bonchev–Trinajstić information content (AvgIpc) is 2.95. The van der Waals surface area contributed by atoms with E-state index in [9.17, 15) is 9.59 Å². The maximum Gasteiger partial charge on any atom is 0.307 e. The van der Waals surface area contributed by atoms with Crippen molar-refractivity contribution >= 4 is 23.2 Å². The molecule has 2 aliphatic rings. The molecule has 0 aromatic carbocycles. The Kier molecular flexibility index (Phi) is 3.20. The first-order valence-corrected chi connectivity index (χ1v) is 7.58. The van der Waals surface area contributed by atoms with Gasteiger partial charge in [-0.1, -0.05) is 0 Å². The summed E-state index contributed by atoms with van der Waals surface area (Å²) in [5.41, 5.74) is -0.0320. The van der Waals surface area contributed by atoms with Gasteiger partial charge in [-0.2, -0.15) is 0 Å². The normalized spacial score (nSPS) is 23.6. The van der Waals surface area contributed by atoms with E-state index >= 15 is 0 Å². The van der Waals surface area contributed by atoms with E-state index in [-0.39, 0.29) is 17.2 Å². The van der Waals surface area contributed by atoms with Crippen molar-refractivity contribution in [1.29, 1.82) is 0 Å². The van der Waals surface area contributed by atoms with Crippen LogP contribution in [0.15, 0.2) is 11.4 Å². The molecular weight excluding hydrogens is 278 g/mol. The number of hydrogen-bond acceptors (Lipinski definition) is 4. The standard InChI is InChI=1S/C14H17NO4S/c1-19-9-6-11(20-8-9)12(16)15-4-2-14(3-5-15)7-10(14)13(17)18/h6,8,10H,2-5,7H2,1H3,(H,17,18). The third kappa shape index (κ3) is 2.18. The van der Waals surface area contributed by atoms with Gasteiger partial charge in [0.1, 0.15) is 5.75 Å². The van der Waals surface area contributed by atoms with Crippen LogP contribution in [-0.2, 0) is 4.79 Å². The molecule has 5 nitrogen and oxygen atoms in total. The number of hydrogen-bond donors (Lipinski definition) is 1. The number of rotatable bonds is 3. The lowest BCUT2D eigenvalue weighted by Gasteiger charge is -2.32. The summed E-state index contributed by atoms with van der Waals surface area (Å²) in [5.74, 6) is -0.144. The molecule has 1 atom stereocenters. The fourth-order valence-corrected chi connectivity index (χ4v) is 3.92. The lowest BCUT2D eigenvalue weighted by Crippen LogP contribution is -2.39. The molecule has 3 rings (SSSR count). The molecule has 0 radical (unpaired) electrons. The van der Waals surface area contributed by atoms with E-state index in [0.29, 0.717) is 23.7 Å². The summed E-state index contributed by atoms with van der Waals surface area (Å²) >= 11 is 1.39. The molecule has 1 N–H and O–H groups in total. The Morgan fingerprint density at radius 1 is 1.45 bits per heavy atom. The lowest BCUT2D eigenvalue weighted by atomic mass is 9.91. The van der Waals surface area contributed by atoms with Gasteiger partial charge in [0.15, 0.2) is 0 Å².